The second-order valence-electron chi connectivity index (χ2n) is 5.75. The van der Waals surface area contributed by atoms with Gasteiger partial charge in [-0.3, -0.25) is 9.69 Å². The van der Waals surface area contributed by atoms with Crippen LogP contribution in [-0.4, -0.2) is 55.5 Å². The number of amides is 1. The van der Waals surface area contributed by atoms with E-state index in [2.05, 4.69) is 10.2 Å². The van der Waals surface area contributed by atoms with E-state index in [1.54, 1.807) is 4.90 Å². The predicted octanol–water partition coefficient (Wildman–Crippen LogP) is 1.23. The van der Waals surface area contributed by atoms with Gasteiger partial charge in [-0.05, 0) is 45.5 Å². The number of nitrogens with one attached hydrogen (secondary N) is 1. The van der Waals surface area contributed by atoms with Crippen molar-refractivity contribution < 1.29 is 9.21 Å². The first-order valence-electron chi connectivity index (χ1n) is 7.26. The van der Waals surface area contributed by atoms with Crippen molar-refractivity contribution in [3.05, 3.63) is 23.7 Å². The van der Waals surface area contributed by atoms with E-state index in [4.69, 9.17) is 4.42 Å². The highest BCUT2D eigenvalue weighted by molar-refractivity contribution is 5.77. The highest BCUT2D eigenvalue weighted by Gasteiger charge is 2.19. The van der Waals surface area contributed by atoms with Crippen LogP contribution >= 0.6 is 0 Å². The maximum atomic E-state index is 12.2. The molecule has 0 spiro atoms. The maximum absolute atomic E-state index is 12.2. The van der Waals surface area contributed by atoms with Crippen molar-refractivity contribution in [3.8, 4) is 0 Å². The van der Waals surface area contributed by atoms with Gasteiger partial charge in [-0.15, -0.1) is 0 Å². The summed E-state index contributed by atoms with van der Waals surface area (Å²) in [6.07, 6.45) is 2.45. The van der Waals surface area contributed by atoms with Crippen molar-refractivity contribution in [1.82, 2.24) is 15.1 Å². The fraction of sp³-hybridized carbons (Fsp3) is 0.667. The van der Waals surface area contributed by atoms with Gasteiger partial charge in [0.2, 0.25) is 5.91 Å². The first kappa shape index (κ1) is 15.1. The number of aryl methyl sites for hydroxylation is 1. The van der Waals surface area contributed by atoms with Crippen LogP contribution in [0.2, 0.25) is 0 Å². The third kappa shape index (κ3) is 4.35. The van der Waals surface area contributed by atoms with Gasteiger partial charge in [0.15, 0.2) is 0 Å². The van der Waals surface area contributed by atoms with E-state index in [9.17, 15) is 4.79 Å². The number of nitrogens with zero attached hydrogens (tertiary/aromatic N) is 2. The lowest BCUT2D eigenvalue weighted by molar-refractivity contribution is -0.131. The Labute approximate surface area is 120 Å². The zero-order chi connectivity index (χ0) is 14.5. The second-order valence-corrected chi connectivity index (χ2v) is 5.75. The number of carbonyl (C=O) groups is 1. The molecule has 20 heavy (non-hydrogen) atoms. The summed E-state index contributed by atoms with van der Waals surface area (Å²) in [5.74, 6) is 1.84. The molecule has 2 heterocycles. The zero-order valence-electron chi connectivity index (χ0n) is 12.7. The number of carbonyl (C=O) groups excluding carboxylic acids is 1. The molecule has 0 saturated carbocycles. The third-order valence-electron chi connectivity index (χ3n) is 3.71. The summed E-state index contributed by atoms with van der Waals surface area (Å²) < 4.78 is 5.50. The smallest absolute Gasteiger partial charge is 0.236 e. The lowest BCUT2D eigenvalue weighted by Crippen LogP contribution is -2.41. The molecular formula is C15H25N3O2. The predicted molar refractivity (Wildman–Crippen MR) is 78.4 cm³/mol. The zero-order valence-corrected chi connectivity index (χ0v) is 12.7. The SMILES string of the molecule is Cc1ccc(CN(C)C(=O)CN(C)CC2CCCN2)o1. The lowest BCUT2D eigenvalue weighted by Gasteiger charge is -2.23. The van der Waals surface area contributed by atoms with Gasteiger partial charge in [0, 0.05) is 19.6 Å². The summed E-state index contributed by atoms with van der Waals surface area (Å²) >= 11 is 0. The van der Waals surface area contributed by atoms with Crippen LogP contribution in [0.1, 0.15) is 24.4 Å². The minimum absolute atomic E-state index is 0.125. The Hall–Kier alpha value is -1.33. The molecule has 2 rings (SSSR count). The van der Waals surface area contributed by atoms with Gasteiger partial charge in [-0.2, -0.15) is 0 Å². The average Bonchev–Trinajstić information content (AvgIpc) is 3.01. The Morgan fingerprint density at radius 1 is 1.45 bits per heavy atom. The van der Waals surface area contributed by atoms with E-state index in [-0.39, 0.29) is 5.91 Å². The standard InChI is InChI=1S/C15H25N3O2/c1-12-6-7-14(20-12)10-18(3)15(19)11-17(2)9-13-5-4-8-16-13/h6-7,13,16H,4-5,8-11H2,1-3H3. The van der Waals surface area contributed by atoms with E-state index >= 15 is 0 Å². The van der Waals surface area contributed by atoms with Crippen LogP contribution < -0.4 is 5.32 Å². The number of hydrogen-bond acceptors (Lipinski definition) is 4. The minimum Gasteiger partial charge on any atom is -0.464 e. The summed E-state index contributed by atoms with van der Waals surface area (Å²) in [7, 11) is 3.82. The molecule has 1 amide bonds. The van der Waals surface area contributed by atoms with Crippen LogP contribution in [0.15, 0.2) is 16.5 Å². The van der Waals surface area contributed by atoms with Crippen molar-refractivity contribution in [2.75, 3.05) is 33.7 Å². The summed E-state index contributed by atoms with van der Waals surface area (Å²) in [4.78, 5) is 16.0. The monoisotopic (exact) mass is 279 g/mol. The van der Waals surface area contributed by atoms with E-state index in [1.165, 1.54) is 12.8 Å². The van der Waals surface area contributed by atoms with E-state index in [1.807, 2.05) is 33.2 Å². The van der Waals surface area contributed by atoms with Crippen LogP contribution in [-0.2, 0) is 11.3 Å². The maximum Gasteiger partial charge on any atom is 0.236 e. The summed E-state index contributed by atoms with van der Waals surface area (Å²) in [5.41, 5.74) is 0. The van der Waals surface area contributed by atoms with E-state index in [0.29, 0.717) is 19.1 Å². The van der Waals surface area contributed by atoms with Crippen molar-refractivity contribution in [1.29, 1.82) is 0 Å². The summed E-state index contributed by atoms with van der Waals surface area (Å²) in [6.45, 7) is 4.92. The van der Waals surface area contributed by atoms with Crippen molar-refractivity contribution in [2.24, 2.45) is 0 Å². The normalized spacial score (nSPS) is 18.7. The quantitative estimate of drug-likeness (QED) is 0.851. The molecule has 112 valence electrons. The van der Waals surface area contributed by atoms with Gasteiger partial charge < -0.3 is 14.6 Å². The van der Waals surface area contributed by atoms with E-state index < -0.39 is 0 Å². The molecule has 1 unspecified atom stereocenters. The molecule has 0 aromatic carbocycles. The molecule has 5 heteroatoms. The summed E-state index contributed by atoms with van der Waals surface area (Å²) in [6, 6.07) is 4.38. The average molecular weight is 279 g/mol. The first-order valence-corrected chi connectivity index (χ1v) is 7.26. The van der Waals surface area contributed by atoms with Gasteiger partial charge >= 0.3 is 0 Å². The molecule has 0 bridgehead atoms. The molecule has 5 nitrogen and oxygen atoms in total. The van der Waals surface area contributed by atoms with Gasteiger partial charge in [-0.1, -0.05) is 0 Å². The first-order chi connectivity index (χ1) is 9.54. The van der Waals surface area contributed by atoms with E-state index in [0.717, 1.165) is 24.6 Å². The molecule has 0 radical (unpaired) electrons. The Morgan fingerprint density at radius 3 is 2.85 bits per heavy atom. The van der Waals surface area contributed by atoms with Gasteiger partial charge in [0.25, 0.3) is 0 Å². The molecule has 1 aliphatic heterocycles. The Kier molecular flexibility index (Phi) is 5.20. The van der Waals surface area contributed by atoms with Crippen LogP contribution in [0.3, 0.4) is 0 Å². The van der Waals surface area contributed by atoms with Gasteiger partial charge in [0.1, 0.15) is 11.5 Å². The van der Waals surface area contributed by atoms with Gasteiger partial charge in [-0.25, -0.2) is 0 Å². The topological polar surface area (TPSA) is 48.7 Å². The fourth-order valence-electron chi connectivity index (χ4n) is 2.60. The third-order valence-corrected chi connectivity index (χ3v) is 3.71. The summed E-state index contributed by atoms with van der Waals surface area (Å²) in [5, 5.41) is 3.45. The molecule has 1 aromatic heterocycles. The van der Waals surface area contributed by atoms with Crippen LogP contribution in [0.5, 0.6) is 0 Å². The molecule has 0 aliphatic carbocycles. The van der Waals surface area contributed by atoms with Gasteiger partial charge in [0.05, 0.1) is 13.1 Å². The van der Waals surface area contributed by atoms with Crippen LogP contribution in [0, 0.1) is 6.92 Å². The molecule has 1 saturated heterocycles. The molecule has 1 aliphatic rings. The van der Waals surface area contributed by atoms with Crippen LogP contribution in [0.4, 0.5) is 0 Å². The van der Waals surface area contributed by atoms with Crippen LogP contribution in [0.25, 0.3) is 0 Å². The van der Waals surface area contributed by atoms with Crippen molar-refractivity contribution in [2.45, 2.75) is 32.4 Å². The number of rotatable bonds is 6. The Morgan fingerprint density at radius 2 is 2.25 bits per heavy atom. The number of hydrogen-bond donors (Lipinski definition) is 1. The lowest BCUT2D eigenvalue weighted by atomic mass is 10.2. The highest BCUT2D eigenvalue weighted by Crippen LogP contribution is 2.09. The molecule has 1 atom stereocenters. The van der Waals surface area contributed by atoms with Crippen molar-refractivity contribution in [3.63, 3.8) is 0 Å². The minimum atomic E-state index is 0.125. The Balaban J connectivity index is 1.75. The highest BCUT2D eigenvalue weighted by atomic mass is 16.3. The molecular weight excluding hydrogens is 254 g/mol. The largest absolute Gasteiger partial charge is 0.464 e. The molecule has 1 aromatic rings. The fourth-order valence-corrected chi connectivity index (χ4v) is 2.60. The molecule has 1 fully saturated rings. The van der Waals surface area contributed by atoms with Crippen molar-refractivity contribution >= 4 is 5.91 Å². The second kappa shape index (κ2) is 6.90. The number of likely N-dealkylation sites (N-methyl/N-ethyl adjacent to an activating group) is 2. The molecule has 1 N–H and O–H groups in total. The number of furan rings is 1. The Bertz CT molecular complexity index is 438.